The van der Waals surface area contributed by atoms with Crippen LogP contribution in [-0.4, -0.2) is 39.3 Å². The van der Waals surface area contributed by atoms with E-state index in [9.17, 15) is 14.0 Å². The number of Topliss-reactive ketones (excluding diaryl/α,β-unsaturated/α-hetero) is 1. The fourth-order valence-corrected chi connectivity index (χ4v) is 3.43. The molecular weight excluding hydrogens is 463 g/mol. The van der Waals surface area contributed by atoms with E-state index in [0.717, 1.165) is 11.1 Å². The van der Waals surface area contributed by atoms with Crippen molar-refractivity contribution in [3.63, 3.8) is 0 Å². The van der Waals surface area contributed by atoms with Gasteiger partial charge >= 0.3 is 0 Å². The summed E-state index contributed by atoms with van der Waals surface area (Å²) in [7, 11) is 0. The predicted octanol–water partition coefficient (Wildman–Crippen LogP) is 3.72. The van der Waals surface area contributed by atoms with Crippen molar-refractivity contribution in [2.75, 3.05) is 6.61 Å². The van der Waals surface area contributed by atoms with Crippen LogP contribution in [0.2, 0.25) is 0 Å². The molecule has 9 heteroatoms. The van der Waals surface area contributed by atoms with Crippen LogP contribution < -0.4 is 10.1 Å². The molecule has 1 heterocycles. The van der Waals surface area contributed by atoms with Gasteiger partial charge in [-0.25, -0.2) is 9.07 Å². The molecule has 184 valence electrons. The van der Waals surface area contributed by atoms with E-state index < -0.39 is 6.04 Å². The zero-order valence-corrected chi connectivity index (χ0v) is 19.4. The van der Waals surface area contributed by atoms with Crippen molar-refractivity contribution in [3.8, 4) is 11.5 Å². The number of halogens is 1. The molecule has 4 rings (SSSR count). The molecule has 1 atom stereocenters. The zero-order valence-electron chi connectivity index (χ0n) is 19.4. The molecule has 0 aliphatic rings. The molecule has 0 bridgehead atoms. The molecule has 3 aromatic carbocycles. The van der Waals surface area contributed by atoms with E-state index in [4.69, 9.17) is 9.47 Å². The summed E-state index contributed by atoms with van der Waals surface area (Å²) >= 11 is 0. The van der Waals surface area contributed by atoms with Gasteiger partial charge in [0.25, 0.3) is 0 Å². The monoisotopic (exact) mass is 488 g/mol. The normalized spacial score (nSPS) is 11.6. The van der Waals surface area contributed by atoms with Crippen molar-refractivity contribution >= 4 is 11.7 Å². The third-order valence-electron chi connectivity index (χ3n) is 5.25. The van der Waals surface area contributed by atoms with Gasteiger partial charge < -0.3 is 14.8 Å². The Morgan fingerprint density at radius 1 is 0.917 bits per heavy atom. The van der Waals surface area contributed by atoms with E-state index in [1.54, 1.807) is 30.5 Å². The Hall–Kier alpha value is -4.37. The number of carbonyl (C=O) groups is 2. The number of rotatable bonds is 12. The minimum absolute atomic E-state index is 0.0303. The van der Waals surface area contributed by atoms with Gasteiger partial charge in [-0.15, -0.1) is 5.10 Å². The fourth-order valence-electron chi connectivity index (χ4n) is 3.43. The molecule has 0 unspecified atom stereocenters. The average Bonchev–Trinajstić information content (AvgIpc) is 3.39. The highest BCUT2D eigenvalue weighted by Gasteiger charge is 2.22. The number of hydrogen-bond donors (Lipinski definition) is 1. The molecule has 0 radical (unpaired) electrons. The average molecular weight is 489 g/mol. The molecule has 0 aliphatic heterocycles. The molecular formula is C27H25FN4O4. The fraction of sp³-hybridized carbons (Fsp3) is 0.185. The molecule has 1 N–H and O–H groups in total. The number of nitrogens with zero attached hydrogens (tertiary/aromatic N) is 3. The van der Waals surface area contributed by atoms with E-state index in [-0.39, 0.29) is 37.1 Å². The summed E-state index contributed by atoms with van der Waals surface area (Å²) < 4.78 is 25.9. The third kappa shape index (κ3) is 7.57. The standard InChI is InChI=1S/C27H25FN4O4/c28-22-8-12-24(13-9-22)36-23-10-6-20(7-11-23)16-26(33)25(19-35-18-21-4-2-1-3-5-21)30-27(34)17-32-15-14-29-31-32/h1-15,25H,16-19H2,(H,30,34)/t25-/m0/s1. The molecule has 1 amide bonds. The molecule has 0 spiro atoms. The molecule has 8 nitrogen and oxygen atoms in total. The number of ketones is 1. The summed E-state index contributed by atoms with van der Waals surface area (Å²) in [5.41, 5.74) is 1.72. The van der Waals surface area contributed by atoms with Crippen LogP contribution in [0, 0.1) is 5.82 Å². The second-order valence-corrected chi connectivity index (χ2v) is 8.06. The van der Waals surface area contributed by atoms with Crippen molar-refractivity contribution in [3.05, 3.63) is 108 Å². The highest BCUT2D eigenvalue weighted by Crippen LogP contribution is 2.22. The van der Waals surface area contributed by atoms with Crippen LogP contribution in [0.3, 0.4) is 0 Å². The molecule has 1 aromatic heterocycles. The van der Waals surface area contributed by atoms with Crippen LogP contribution in [-0.2, 0) is 33.9 Å². The van der Waals surface area contributed by atoms with Gasteiger partial charge in [0.2, 0.25) is 5.91 Å². The quantitative estimate of drug-likeness (QED) is 0.327. The van der Waals surface area contributed by atoms with Gasteiger partial charge in [-0.1, -0.05) is 47.7 Å². The first-order chi connectivity index (χ1) is 17.5. The van der Waals surface area contributed by atoms with Gasteiger partial charge in [0, 0.05) is 12.6 Å². The summed E-state index contributed by atoms with van der Waals surface area (Å²) in [5.74, 6) is 0.159. The second kappa shape index (κ2) is 12.4. The Kier molecular flexibility index (Phi) is 8.50. The first kappa shape index (κ1) is 24.7. The van der Waals surface area contributed by atoms with Gasteiger partial charge in [-0.2, -0.15) is 0 Å². The van der Waals surface area contributed by atoms with Gasteiger partial charge in [-0.05, 0) is 47.5 Å². The number of hydrogen-bond acceptors (Lipinski definition) is 6. The molecule has 4 aromatic rings. The predicted molar refractivity (Wildman–Crippen MR) is 130 cm³/mol. The number of amides is 1. The van der Waals surface area contributed by atoms with Gasteiger partial charge in [0.15, 0.2) is 5.78 Å². The molecule has 0 saturated carbocycles. The van der Waals surface area contributed by atoms with Gasteiger partial charge in [0.05, 0.1) is 19.4 Å². The lowest BCUT2D eigenvalue weighted by Gasteiger charge is -2.18. The van der Waals surface area contributed by atoms with Crippen LogP contribution in [0.5, 0.6) is 11.5 Å². The number of ether oxygens (including phenoxy) is 2. The summed E-state index contributed by atoms with van der Waals surface area (Å²) in [5, 5.41) is 10.2. The van der Waals surface area contributed by atoms with Gasteiger partial charge in [-0.3, -0.25) is 9.59 Å². The molecule has 36 heavy (non-hydrogen) atoms. The van der Waals surface area contributed by atoms with E-state index in [0.29, 0.717) is 18.1 Å². The molecule has 0 fully saturated rings. The van der Waals surface area contributed by atoms with Crippen molar-refractivity contribution in [2.24, 2.45) is 0 Å². The van der Waals surface area contributed by atoms with E-state index in [2.05, 4.69) is 15.6 Å². The largest absolute Gasteiger partial charge is 0.457 e. The molecule has 0 aliphatic carbocycles. The Balaban J connectivity index is 1.36. The maximum absolute atomic E-state index is 13.1. The highest BCUT2D eigenvalue weighted by molar-refractivity contribution is 5.90. The Labute approximate surface area is 207 Å². The Bertz CT molecular complexity index is 1250. The smallest absolute Gasteiger partial charge is 0.242 e. The Morgan fingerprint density at radius 2 is 1.61 bits per heavy atom. The van der Waals surface area contributed by atoms with E-state index >= 15 is 0 Å². The van der Waals surface area contributed by atoms with Crippen molar-refractivity contribution in [1.29, 1.82) is 0 Å². The molecule has 0 saturated heterocycles. The topological polar surface area (TPSA) is 95.3 Å². The maximum Gasteiger partial charge on any atom is 0.242 e. The lowest BCUT2D eigenvalue weighted by molar-refractivity contribution is -0.129. The van der Waals surface area contributed by atoms with Gasteiger partial charge in [0.1, 0.15) is 29.9 Å². The van der Waals surface area contributed by atoms with E-state index in [1.165, 1.54) is 35.1 Å². The number of benzene rings is 3. The van der Waals surface area contributed by atoms with Crippen LogP contribution in [0.25, 0.3) is 0 Å². The SMILES string of the molecule is O=C(Cn1ccnn1)N[C@@H](COCc1ccccc1)C(=O)Cc1ccc(Oc2ccc(F)cc2)cc1. The number of aromatic nitrogens is 3. The third-order valence-corrected chi connectivity index (χ3v) is 5.25. The summed E-state index contributed by atoms with van der Waals surface area (Å²) in [4.78, 5) is 25.6. The minimum atomic E-state index is -0.833. The first-order valence-corrected chi connectivity index (χ1v) is 11.4. The highest BCUT2D eigenvalue weighted by atomic mass is 19.1. The van der Waals surface area contributed by atoms with Crippen LogP contribution in [0.1, 0.15) is 11.1 Å². The van der Waals surface area contributed by atoms with Crippen LogP contribution in [0.15, 0.2) is 91.3 Å². The second-order valence-electron chi connectivity index (χ2n) is 8.06. The number of carbonyl (C=O) groups excluding carboxylic acids is 2. The lowest BCUT2D eigenvalue weighted by Crippen LogP contribution is -2.46. The maximum atomic E-state index is 13.1. The summed E-state index contributed by atoms with van der Waals surface area (Å²) in [6.07, 6.45) is 3.14. The van der Waals surface area contributed by atoms with Crippen molar-refractivity contribution in [2.45, 2.75) is 25.6 Å². The van der Waals surface area contributed by atoms with Crippen LogP contribution in [0.4, 0.5) is 4.39 Å². The summed E-state index contributed by atoms with van der Waals surface area (Å²) in [6.45, 7) is 0.291. The van der Waals surface area contributed by atoms with E-state index in [1.807, 2.05) is 30.3 Å². The Morgan fingerprint density at radius 3 is 2.28 bits per heavy atom. The zero-order chi connectivity index (χ0) is 25.2. The lowest BCUT2D eigenvalue weighted by atomic mass is 10.0. The van der Waals surface area contributed by atoms with Crippen molar-refractivity contribution < 1.29 is 23.5 Å². The summed E-state index contributed by atoms with van der Waals surface area (Å²) in [6, 6.07) is 21.5. The first-order valence-electron chi connectivity index (χ1n) is 11.4. The van der Waals surface area contributed by atoms with Crippen molar-refractivity contribution in [1.82, 2.24) is 20.3 Å². The van der Waals surface area contributed by atoms with Crippen LogP contribution >= 0.6 is 0 Å². The number of nitrogens with one attached hydrogen (secondary N) is 1. The minimum Gasteiger partial charge on any atom is -0.457 e.